The summed E-state index contributed by atoms with van der Waals surface area (Å²) >= 11 is 3.15. The van der Waals surface area contributed by atoms with Gasteiger partial charge in [0.05, 0.1) is 0 Å². The number of esters is 1. The third-order valence-electron chi connectivity index (χ3n) is 2.35. The Balaban J connectivity index is 2.60. The fourth-order valence-electron chi connectivity index (χ4n) is 1.64. The van der Waals surface area contributed by atoms with Crippen LogP contribution in [0, 0.1) is 6.92 Å². The molecule has 1 heterocycles. The van der Waals surface area contributed by atoms with Crippen LogP contribution in [-0.4, -0.2) is 29.4 Å². The van der Waals surface area contributed by atoms with E-state index in [2.05, 4.69) is 13.0 Å². The fraction of sp³-hybridized carbons (Fsp3) is 0.250. The van der Waals surface area contributed by atoms with Crippen molar-refractivity contribution < 1.29 is 9.53 Å². The van der Waals surface area contributed by atoms with E-state index in [1.165, 1.54) is 27.1 Å². The van der Waals surface area contributed by atoms with Crippen LogP contribution in [0.1, 0.15) is 22.8 Å². The van der Waals surface area contributed by atoms with Crippen molar-refractivity contribution in [1.29, 1.82) is 0 Å². The predicted octanol–water partition coefficient (Wildman–Crippen LogP) is 1.64. The van der Waals surface area contributed by atoms with Gasteiger partial charge in [-0.15, -0.1) is 0 Å². The van der Waals surface area contributed by atoms with Gasteiger partial charge in [0.25, 0.3) is 0 Å². The standard InChI is InChI=1S/C12H13AsO2S/c1-3-15-12(14)10-8-5-4-7(2)6-9(8)16-11(10)13/h4-6H,3,13H2,1-2H3. The van der Waals surface area contributed by atoms with Crippen LogP contribution >= 0.6 is 11.3 Å². The molecule has 2 aromatic rings. The zero-order chi connectivity index (χ0) is 11.7. The number of benzene rings is 1. The summed E-state index contributed by atoms with van der Waals surface area (Å²) in [7, 11) is 0. The average Bonchev–Trinajstić information content (AvgIpc) is 2.53. The second kappa shape index (κ2) is 4.60. The molecule has 0 aliphatic rings. The number of hydrogen-bond donors (Lipinski definition) is 0. The molecule has 1 aromatic heterocycles. The molecule has 1 atom stereocenters. The van der Waals surface area contributed by atoms with Crippen molar-refractivity contribution in [3.63, 3.8) is 0 Å². The molecule has 2 rings (SSSR count). The van der Waals surface area contributed by atoms with E-state index in [0.717, 1.165) is 14.6 Å². The van der Waals surface area contributed by atoms with Gasteiger partial charge in [0.1, 0.15) is 0 Å². The Bertz CT molecular complexity index is 545. The Labute approximate surface area is 107 Å². The van der Waals surface area contributed by atoms with Crippen molar-refractivity contribution in [2.75, 3.05) is 6.61 Å². The number of hydrogen-bond acceptors (Lipinski definition) is 3. The summed E-state index contributed by atoms with van der Waals surface area (Å²) in [6.07, 6.45) is 0. The number of ether oxygens (including phenoxy) is 1. The Morgan fingerprint density at radius 3 is 2.94 bits per heavy atom. The quantitative estimate of drug-likeness (QED) is 0.622. The summed E-state index contributed by atoms with van der Waals surface area (Å²) in [5, 5.41) is 1.02. The number of thiophene rings is 1. The van der Waals surface area contributed by atoms with E-state index >= 15 is 0 Å². The van der Waals surface area contributed by atoms with Crippen molar-refractivity contribution in [3.8, 4) is 0 Å². The monoisotopic (exact) mass is 296 g/mol. The Morgan fingerprint density at radius 1 is 1.50 bits per heavy atom. The molecular formula is C12H13AsO2S. The molecule has 1 aromatic carbocycles. The van der Waals surface area contributed by atoms with E-state index < -0.39 is 0 Å². The molecule has 84 valence electrons. The van der Waals surface area contributed by atoms with Crippen LogP contribution in [-0.2, 0) is 4.74 Å². The first-order chi connectivity index (χ1) is 7.63. The molecule has 0 aliphatic carbocycles. The first-order valence-corrected chi connectivity index (χ1v) is 7.12. The topological polar surface area (TPSA) is 26.3 Å². The number of carbonyl (C=O) groups excluding carboxylic acids is 1. The second-order valence-corrected chi connectivity index (χ2v) is 6.73. The zero-order valence-electron chi connectivity index (χ0n) is 9.24. The van der Waals surface area contributed by atoms with E-state index in [-0.39, 0.29) is 5.97 Å². The molecule has 0 saturated heterocycles. The molecule has 0 spiro atoms. The molecule has 16 heavy (non-hydrogen) atoms. The Kier molecular flexibility index (Phi) is 3.36. The van der Waals surface area contributed by atoms with E-state index in [1.54, 1.807) is 11.3 Å². The molecule has 0 amide bonds. The maximum atomic E-state index is 11.8. The second-order valence-electron chi connectivity index (χ2n) is 3.56. The summed E-state index contributed by atoms with van der Waals surface area (Å²) in [4.78, 5) is 11.8. The third kappa shape index (κ3) is 2.02. The zero-order valence-corrected chi connectivity index (χ0v) is 12.5. The van der Waals surface area contributed by atoms with Crippen LogP contribution in [0.3, 0.4) is 0 Å². The van der Waals surface area contributed by atoms with Gasteiger partial charge in [0.2, 0.25) is 0 Å². The van der Waals surface area contributed by atoms with Crippen LogP contribution in [0.2, 0.25) is 0 Å². The van der Waals surface area contributed by atoms with Crippen molar-refractivity contribution in [2.45, 2.75) is 13.8 Å². The van der Waals surface area contributed by atoms with Crippen LogP contribution in [0.5, 0.6) is 0 Å². The Hall–Kier alpha value is -0.792. The fourth-order valence-corrected chi connectivity index (χ4v) is 4.07. The van der Waals surface area contributed by atoms with Crippen LogP contribution in [0.4, 0.5) is 0 Å². The van der Waals surface area contributed by atoms with E-state index in [0.29, 0.717) is 6.61 Å². The van der Waals surface area contributed by atoms with Gasteiger partial charge in [0, 0.05) is 0 Å². The van der Waals surface area contributed by atoms with Crippen LogP contribution in [0.25, 0.3) is 10.1 Å². The molecule has 0 saturated carbocycles. The molecule has 0 radical (unpaired) electrons. The van der Waals surface area contributed by atoms with Crippen LogP contribution < -0.4 is 3.66 Å². The molecule has 0 bridgehead atoms. The molecule has 2 nitrogen and oxygen atoms in total. The van der Waals surface area contributed by atoms with Crippen molar-refractivity contribution in [3.05, 3.63) is 29.3 Å². The summed E-state index contributed by atoms with van der Waals surface area (Å²) in [6.45, 7) is 4.31. The van der Waals surface area contributed by atoms with Gasteiger partial charge in [0.15, 0.2) is 0 Å². The maximum absolute atomic E-state index is 11.8. The predicted molar refractivity (Wildman–Crippen MR) is 70.7 cm³/mol. The molecule has 0 fully saturated rings. The minimum atomic E-state index is -0.197. The number of fused-ring (bicyclic) bond motifs is 1. The average molecular weight is 296 g/mol. The molecule has 0 N–H and O–H groups in total. The van der Waals surface area contributed by atoms with Crippen molar-refractivity contribution in [1.82, 2.24) is 0 Å². The van der Waals surface area contributed by atoms with Crippen LogP contribution in [0.15, 0.2) is 18.2 Å². The van der Waals surface area contributed by atoms with Gasteiger partial charge >= 0.3 is 107 Å². The molecule has 4 heteroatoms. The van der Waals surface area contributed by atoms with Gasteiger partial charge < -0.3 is 0 Å². The van der Waals surface area contributed by atoms with E-state index in [4.69, 9.17) is 4.74 Å². The third-order valence-corrected chi connectivity index (χ3v) is 4.68. The first kappa shape index (κ1) is 11.7. The van der Waals surface area contributed by atoms with Gasteiger partial charge in [-0.05, 0) is 0 Å². The number of aryl methyl sites for hydroxylation is 1. The number of rotatable bonds is 2. The van der Waals surface area contributed by atoms with Gasteiger partial charge in [-0.25, -0.2) is 0 Å². The summed E-state index contributed by atoms with van der Waals surface area (Å²) in [6, 6.07) is 6.16. The minimum absolute atomic E-state index is 0.197. The molecule has 1 unspecified atom stereocenters. The number of carbonyl (C=O) groups is 1. The van der Waals surface area contributed by atoms with Crippen molar-refractivity contribution >= 4 is 47.9 Å². The van der Waals surface area contributed by atoms with Gasteiger partial charge in [-0.1, -0.05) is 0 Å². The SMILES string of the molecule is CCOC(=O)c1c([AsH2])sc2cc(C)ccc12. The van der Waals surface area contributed by atoms with Crippen molar-refractivity contribution in [2.24, 2.45) is 0 Å². The summed E-state index contributed by atoms with van der Waals surface area (Å²) < 4.78 is 7.34. The summed E-state index contributed by atoms with van der Waals surface area (Å²) in [5.74, 6) is -0.197. The van der Waals surface area contributed by atoms with Gasteiger partial charge in [-0.2, -0.15) is 0 Å². The normalized spacial score (nSPS) is 10.7. The molecule has 0 aliphatic heterocycles. The van der Waals surface area contributed by atoms with E-state index in [1.807, 2.05) is 19.1 Å². The summed E-state index contributed by atoms with van der Waals surface area (Å²) in [5.41, 5.74) is 1.97. The molecular weight excluding hydrogens is 283 g/mol. The van der Waals surface area contributed by atoms with Gasteiger partial charge in [-0.3, -0.25) is 0 Å². The van der Waals surface area contributed by atoms with E-state index in [9.17, 15) is 4.79 Å². The Morgan fingerprint density at radius 2 is 2.25 bits per heavy atom. The first-order valence-electron chi connectivity index (χ1n) is 5.09.